The highest BCUT2D eigenvalue weighted by atomic mass is 35.5. The van der Waals surface area contributed by atoms with Crippen molar-refractivity contribution in [1.82, 2.24) is 25.5 Å². The number of amides is 1. The highest BCUT2D eigenvalue weighted by Crippen LogP contribution is 2.24. The summed E-state index contributed by atoms with van der Waals surface area (Å²) in [5, 5.41) is 10.3. The van der Waals surface area contributed by atoms with Gasteiger partial charge in [-0.05, 0) is 37.3 Å². The third-order valence-electron chi connectivity index (χ3n) is 3.72. The number of H-pyrrole nitrogens is 1. The van der Waals surface area contributed by atoms with Crippen molar-refractivity contribution in [3.63, 3.8) is 0 Å². The van der Waals surface area contributed by atoms with E-state index in [9.17, 15) is 4.79 Å². The number of pyridine rings is 1. The number of benzene rings is 1. The lowest BCUT2D eigenvalue weighted by Gasteiger charge is -2.14. The quantitative estimate of drug-likeness (QED) is 0.608. The molecule has 3 rings (SSSR count). The van der Waals surface area contributed by atoms with Crippen molar-refractivity contribution in [2.75, 3.05) is 6.61 Å². The molecule has 3 aromatic rings. The van der Waals surface area contributed by atoms with Crippen LogP contribution < -0.4 is 10.1 Å². The summed E-state index contributed by atoms with van der Waals surface area (Å²) in [6.45, 7) is 5.70. The van der Waals surface area contributed by atoms with E-state index in [1.165, 1.54) is 0 Å². The molecular weight excluding hydrogens is 366 g/mol. The standard InChI is InChI=1S/C19H18ClN5O2/c1-3-9-27-16-7-6-14(20)10-15(16)19(26)22-12(2)17-23-18(25-24-17)13-5-4-8-21-11-13/h3-8,10-12H,1,9H2,2H3,(H,22,26)(H,23,24,25). The molecule has 0 aliphatic heterocycles. The van der Waals surface area contributed by atoms with Gasteiger partial charge < -0.3 is 10.1 Å². The molecule has 1 aromatic carbocycles. The van der Waals surface area contributed by atoms with Crippen LogP contribution >= 0.6 is 11.6 Å². The molecular formula is C19H18ClN5O2. The zero-order valence-corrected chi connectivity index (χ0v) is 15.4. The second kappa shape index (κ2) is 8.46. The number of rotatable bonds is 7. The minimum Gasteiger partial charge on any atom is -0.489 e. The summed E-state index contributed by atoms with van der Waals surface area (Å²) in [6, 6.07) is 8.14. The monoisotopic (exact) mass is 383 g/mol. The molecule has 2 heterocycles. The topological polar surface area (TPSA) is 92.8 Å². The molecule has 0 radical (unpaired) electrons. The number of hydrogen-bond acceptors (Lipinski definition) is 5. The number of halogens is 1. The minimum atomic E-state index is -0.401. The van der Waals surface area contributed by atoms with E-state index < -0.39 is 6.04 Å². The van der Waals surface area contributed by atoms with Crippen LogP contribution in [0.2, 0.25) is 5.02 Å². The van der Waals surface area contributed by atoms with Crippen LogP contribution in [0.5, 0.6) is 5.75 Å². The zero-order chi connectivity index (χ0) is 19.2. The van der Waals surface area contributed by atoms with E-state index in [0.717, 1.165) is 5.56 Å². The van der Waals surface area contributed by atoms with Crippen molar-refractivity contribution in [1.29, 1.82) is 0 Å². The van der Waals surface area contributed by atoms with Gasteiger partial charge in [0.25, 0.3) is 5.91 Å². The van der Waals surface area contributed by atoms with Crippen molar-refractivity contribution in [2.45, 2.75) is 13.0 Å². The van der Waals surface area contributed by atoms with Crippen molar-refractivity contribution in [2.24, 2.45) is 0 Å². The molecule has 0 bridgehead atoms. The minimum absolute atomic E-state index is 0.286. The van der Waals surface area contributed by atoms with E-state index >= 15 is 0 Å². The van der Waals surface area contributed by atoms with Crippen molar-refractivity contribution in [3.8, 4) is 17.1 Å². The van der Waals surface area contributed by atoms with E-state index in [-0.39, 0.29) is 12.5 Å². The lowest BCUT2D eigenvalue weighted by molar-refractivity contribution is 0.0934. The number of nitrogens with one attached hydrogen (secondary N) is 2. The Hall–Kier alpha value is -3.19. The average molecular weight is 384 g/mol. The molecule has 1 unspecified atom stereocenters. The van der Waals surface area contributed by atoms with Gasteiger partial charge in [0.05, 0.1) is 11.6 Å². The van der Waals surface area contributed by atoms with E-state index in [2.05, 4.69) is 32.1 Å². The first-order valence-corrected chi connectivity index (χ1v) is 8.63. The fourth-order valence-corrected chi connectivity index (χ4v) is 2.56. The smallest absolute Gasteiger partial charge is 0.255 e. The lowest BCUT2D eigenvalue weighted by Crippen LogP contribution is -2.28. The third-order valence-corrected chi connectivity index (χ3v) is 3.96. The van der Waals surface area contributed by atoms with Gasteiger partial charge in [0.2, 0.25) is 0 Å². The number of aromatic nitrogens is 4. The van der Waals surface area contributed by atoms with Crippen molar-refractivity contribution in [3.05, 3.63) is 71.8 Å². The van der Waals surface area contributed by atoms with Gasteiger partial charge in [0, 0.05) is 23.0 Å². The van der Waals surface area contributed by atoms with Crippen molar-refractivity contribution >= 4 is 17.5 Å². The highest BCUT2D eigenvalue weighted by molar-refractivity contribution is 6.31. The van der Waals surface area contributed by atoms with Crippen LogP contribution in [0.4, 0.5) is 0 Å². The number of carbonyl (C=O) groups excluding carboxylic acids is 1. The largest absolute Gasteiger partial charge is 0.489 e. The second-order valence-electron chi connectivity index (χ2n) is 5.72. The molecule has 27 heavy (non-hydrogen) atoms. The van der Waals surface area contributed by atoms with Crippen LogP contribution in [0.1, 0.15) is 29.1 Å². The first-order chi connectivity index (χ1) is 13.1. The molecule has 0 fully saturated rings. The van der Waals surface area contributed by atoms with Gasteiger partial charge in [0.1, 0.15) is 18.2 Å². The maximum atomic E-state index is 12.7. The Morgan fingerprint density at radius 2 is 2.30 bits per heavy atom. The van der Waals surface area contributed by atoms with Gasteiger partial charge >= 0.3 is 0 Å². The first-order valence-electron chi connectivity index (χ1n) is 8.25. The highest BCUT2D eigenvalue weighted by Gasteiger charge is 2.19. The number of aromatic amines is 1. The molecule has 1 amide bonds. The fraction of sp³-hybridized carbons (Fsp3) is 0.158. The number of carbonyl (C=O) groups is 1. The maximum Gasteiger partial charge on any atom is 0.255 e. The molecule has 7 nitrogen and oxygen atoms in total. The van der Waals surface area contributed by atoms with Crippen LogP contribution in [-0.2, 0) is 0 Å². The molecule has 0 aliphatic carbocycles. The molecule has 0 saturated carbocycles. The van der Waals surface area contributed by atoms with Gasteiger partial charge in [-0.3, -0.25) is 14.9 Å². The Kier molecular flexibility index (Phi) is 5.83. The van der Waals surface area contributed by atoms with Crippen LogP contribution in [0.15, 0.2) is 55.4 Å². The SMILES string of the molecule is C=CCOc1ccc(Cl)cc1C(=O)NC(C)c1nc(-c2cccnc2)n[nH]1. The van der Waals surface area contributed by atoms with Crippen molar-refractivity contribution < 1.29 is 9.53 Å². The maximum absolute atomic E-state index is 12.7. The zero-order valence-electron chi connectivity index (χ0n) is 14.6. The fourth-order valence-electron chi connectivity index (χ4n) is 2.39. The second-order valence-corrected chi connectivity index (χ2v) is 6.16. The van der Waals surface area contributed by atoms with E-state index in [4.69, 9.17) is 16.3 Å². The predicted octanol–water partition coefficient (Wildman–Crippen LogP) is 3.58. The van der Waals surface area contributed by atoms with Crippen LogP contribution in [0.25, 0.3) is 11.4 Å². The van der Waals surface area contributed by atoms with Gasteiger partial charge in [-0.15, -0.1) is 0 Å². The van der Waals surface area contributed by atoms with Crippen LogP contribution in [-0.4, -0.2) is 32.7 Å². The Morgan fingerprint density at radius 1 is 1.44 bits per heavy atom. The molecule has 8 heteroatoms. The summed E-state index contributed by atoms with van der Waals surface area (Å²) in [7, 11) is 0. The summed E-state index contributed by atoms with van der Waals surface area (Å²) < 4.78 is 5.53. The van der Waals surface area contributed by atoms with Gasteiger partial charge in [-0.2, -0.15) is 5.10 Å². The molecule has 2 N–H and O–H groups in total. The van der Waals surface area contributed by atoms with E-state index in [1.54, 1.807) is 49.7 Å². The number of ether oxygens (including phenoxy) is 1. The molecule has 0 aliphatic rings. The summed E-state index contributed by atoms with van der Waals surface area (Å²) in [5.74, 6) is 1.13. The Balaban J connectivity index is 1.75. The Labute approximate surface area is 161 Å². The summed E-state index contributed by atoms with van der Waals surface area (Å²) in [5.41, 5.74) is 1.12. The van der Waals surface area contributed by atoms with E-state index in [1.807, 2.05) is 6.07 Å². The molecule has 2 aromatic heterocycles. The summed E-state index contributed by atoms with van der Waals surface area (Å²) in [4.78, 5) is 21.2. The summed E-state index contributed by atoms with van der Waals surface area (Å²) in [6.07, 6.45) is 4.95. The molecule has 138 valence electrons. The molecule has 0 spiro atoms. The average Bonchev–Trinajstić information content (AvgIpc) is 3.18. The predicted molar refractivity (Wildman–Crippen MR) is 103 cm³/mol. The van der Waals surface area contributed by atoms with Crippen LogP contribution in [0.3, 0.4) is 0 Å². The lowest BCUT2D eigenvalue weighted by atomic mass is 10.1. The number of nitrogens with zero attached hydrogens (tertiary/aromatic N) is 3. The Morgan fingerprint density at radius 3 is 3.04 bits per heavy atom. The molecule has 0 saturated heterocycles. The Bertz CT molecular complexity index is 942. The number of hydrogen-bond donors (Lipinski definition) is 2. The molecule has 1 atom stereocenters. The normalized spacial score (nSPS) is 11.6. The van der Waals surface area contributed by atoms with Gasteiger partial charge in [-0.25, -0.2) is 4.98 Å². The van der Waals surface area contributed by atoms with Gasteiger partial charge in [0.15, 0.2) is 5.82 Å². The summed E-state index contributed by atoms with van der Waals surface area (Å²) >= 11 is 6.03. The van der Waals surface area contributed by atoms with Gasteiger partial charge in [-0.1, -0.05) is 24.3 Å². The van der Waals surface area contributed by atoms with Crippen LogP contribution in [0, 0.1) is 0 Å². The third kappa shape index (κ3) is 4.51. The first kappa shape index (κ1) is 18.6. The van der Waals surface area contributed by atoms with E-state index in [0.29, 0.717) is 28.0 Å².